The van der Waals surface area contributed by atoms with E-state index in [4.69, 9.17) is 0 Å². The van der Waals surface area contributed by atoms with E-state index in [9.17, 15) is 4.21 Å². The lowest BCUT2D eigenvalue weighted by atomic mass is 10.7. The molecule has 0 saturated carbocycles. The topological polar surface area (TPSA) is 34.9 Å². The van der Waals surface area contributed by atoms with E-state index in [2.05, 4.69) is 5.10 Å². The molecule has 0 aliphatic carbocycles. The molecule has 1 aromatic heterocycles. The molecule has 0 fully saturated rings. The maximum Gasteiger partial charge on any atom is 0.0631 e. The van der Waals surface area contributed by atoms with Gasteiger partial charge in [-0.25, -0.2) is 0 Å². The number of hydrogen-bond donors (Lipinski definition) is 1. The molecule has 0 N–H and O–H groups in total. The first-order valence-electron chi connectivity index (χ1n) is 3.62. The van der Waals surface area contributed by atoms with E-state index in [0.29, 0.717) is 5.75 Å². The highest BCUT2D eigenvalue weighted by molar-refractivity contribution is 8.02. The zero-order valence-corrected chi connectivity index (χ0v) is 8.01. The Labute approximate surface area is 67.8 Å². The second kappa shape index (κ2) is 2.77. The van der Waals surface area contributed by atoms with Gasteiger partial charge in [0.1, 0.15) is 0 Å². The van der Waals surface area contributed by atoms with Gasteiger partial charge in [0.05, 0.1) is 11.1 Å². The maximum absolute atomic E-state index is 11.7. The summed E-state index contributed by atoms with van der Waals surface area (Å²) < 4.78 is 13.4. The van der Waals surface area contributed by atoms with E-state index >= 15 is 0 Å². The number of thiol groups is 1. The van der Waals surface area contributed by atoms with Gasteiger partial charge >= 0.3 is 0 Å². The molecule has 0 aliphatic heterocycles. The van der Waals surface area contributed by atoms with E-state index in [1.807, 2.05) is 20.2 Å². The van der Waals surface area contributed by atoms with Crippen LogP contribution in [0.5, 0.6) is 0 Å². The van der Waals surface area contributed by atoms with Crippen LogP contribution in [0.3, 0.4) is 0 Å². The van der Waals surface area contributed by atoms with E-state index in [-0.39, 0.29) is 0 Å². The summed E-state index contributed by atoms with van der Waals surface area (Å²) in [5, 5.41) is 3.98. The van der Waals surface area contributed by atoms with Gasteiger partial charge in [0.2, 0.25) is 0 Å². The van der Waals surface area contributed by atoms with Crippen molar-refractivity contribution >= 4 is 9.93 Å². The van der Waals surface area contributed by atoms with Crippen molar-refractivity contribution in [2.45, 2.75) is 11.8 Å². The van der Waals surface area contributed by atoms with Crippen LogP contribution in [-0.4, -0.2) is 26.0 Å². The number of rotatable bonds is 2. The van der Waals surface area contributed by atoms with Gasteiger partial charge in [-0.3, -0.25) is 8.89 Å². The summed E-state index contributed by atoms with van der Waals surface area (Å²) in [6.07, 6.45) is 5.30. The van der Waals surface area contributed by atoms with Crippen molar-refractivity contribution in [3.8, 4) is 0 Å². The Morgan fingerprint density at radius 2 is 2.36 bits per heavy atom. The van der Waals surface area contributed by atoms with Gasteiger partial charge in [-0.05, 0) is 6.26 Å². The highest BCUT2D eigenvalue weighted by atomic mass is 32.2. The second-order valence-corrected chi connectivity index (χ2v) is 6.14. The van der Waals surface area contributed by atoms with Crippen molar-refractivity contribution in [3.05, 3.63) is 12.4 Å². The summed E-state index contributed by atoms with van der Waals surface area (Å²) in [6.45, 7) is 1.94. The lowest BCUT2D eigenvalue weighted by Crippen LogP contribution is -2.11. The van der Waals surface area contributed by atoms with Crippen LogP contribution in [-0.2, 0) is 17.0 Å². The van der Waals surface area contributed by atoms with Crippen molar-refractivity contribution in [2.24, 2.45) is 7.05 Å². The Morgan fingerprint density at radius 3 is 2.73 bits per heavy atom. The largest absolute Gasteiger partial charge is 0.280 e. The second-order valence-electron chi connectivity index (χ2n) is 2.79. The van der Waals surface area contributed by atoms with Crippen LogP contribution in [0.2, 0.25) is 0 Å². The minimum atomic E-state index is -2.09. The van der Waals surface area contributed by atoms with Gasteiger partial charge in [-0.15, -0.1) is 0 Å². The lowest BCUT2D eigenvalue weighted by Gasteiger charge is -2.12. The van der Waals surface area contributed by atoms with E-state index in [0.717, 1.165) is 4.90 Å². The Hall–Kier alpha value is -0.640. The molecule has 0 radical (unpaired) electrons. The van der Waals surface area contributed by atoms with Crippen LogP contribution in [0.1, 0.15) is 6.92 Å². The maximum atomic E-state index is 11.7. The van der Waals surface area contributed by atoms with E-state index in [1.165, 1.54) is 0 Å². The molecule has 1 aromatic rings. The summed E-state index contributed by atoms with van der Waals surface area (Å²) in [7, 11) is -0.256. The summed E-state index contributed by atoms with van der Waals surface area (Å²) in [4.78, 5) is 0.877. The average Bonchev–Trinajstić information content (AvgIpc) is 2.36. The monoisotopic (exact) mass is 174 g/mol. The smallest absolute Gasteiger partial charge is 0.0631 e. The van der Waals surface area contributed by atoms with Crippen molar-refractivity contribution in [1.29, 1.82) is 0 Å². The molecule has 4 heteroatoms. The molecule has 64 valence electrons. The summed E-state index contributed by atoms with van der Waals surface area (Å²) in [5.41, 5.74) is 0. The normalized spacial score (nSPS) is 13.4. The van der Waals surface area contributed by atoms with Crippen LogP contribution < -0.4 is 0 Å². The quantitative estimate of drug-likeness (QED) is 0.660. The van der Waals surface area contributed by atoms with E-state index < -0.39 is 9.93 Å². The molecule has 0 atom stereocenters. The summed E-state index contributed by atoms with van der Waals surface area (Å²) >= 11 is 0. The lowest BCUT2D eigenvalue weighted by molar-refractivity contribution is 0.675. The van der Waals surface area contributed by atoms with Gasteiger partial charge in [-0.1, -0.05) is 16.9 Å². The minimum Gasteiger partial charge on any atom is -0.280 e. The Kier molecular flexibility index (Phi) is 2.13. The predicted molar refractivity (Wildman–Crippen MR) is 47.5 cm³/mol. The highest BCUT2D eigenvalue weighted by Crippen LogP contribution is 2.13. The van der Waals surface area contributed by atoms with Gasteiger partial charge in [0.25, 0.3) is 0 Å². The third kappa shape index (κ3) is 1.68. The van der Waals surface area contributed by atoms with Gasteiger partial charge < -0.3 is 0 Å². The fraction of sp³-hybridized carbons (Fsp3) is 0.571. The first kappa shape index (κ1) is 8.46. The Morgan fingerprint density at radius 1 is 1.73 bits per heavy atom. The fourth-order valence-corrected chi connectivity index (χ4v) is 1.91. The fourth-order valence-electron chi connectivity index (χ4n) is 0.835. The van der Waals surface area contributed by atoms with Gasteiger partial charge in [-0.2, -0.15) is 5.10 Å². The molecule has 0 bridgehead atoms. The zero-order valence-electron chi connectivity index (χ0n) is 7.11. The third-order valence-corrected chi connectivity index (χ3v) is 4.37. The van der Waals surface area contributed by atoms with Crippen LogP contribution in [0.25, 0.3) is 0 Å². The standard InChI is InChI=1S/C7H14N2OS/c1-4-11(3,10)7-5-8-9(2)6-7/h5-6,11H,4H2,1-3H3. The molecular weight excluding hydrogens is 160 g/mol. The number of nitrogens with zero attached hydrogens (tertiary/aromatic N) is 2. The molecule has 11 heavy (non-hydrogen) atoms. The first-order chi connectivity index (χ1) is 5.06. The van der Waals surface area contributed by atoms with Crippen LogP contribution in [0, 0.1) is 0 Å². The van der Waals surface area contributed by atoms with Crippen molar-refractivity contribution < 1.29 is 4.21 Å². The van der Waals surface area contributed by atoms with Crippen molar-refractivity contribution in [2.75, 3.05) is 12.0 Å². The minimum absolute atomic E-state index is 0.707. The average molecular weight is 174 g/mol. The molecule has 0 unspecified atom stereocenters. The molecule has 0 saturated heterocycles. The number of hydrogen-bond acceptors (Lipinski definition) is 2. The van der Waals surface area contributed by atoms with Gasteiger partial charge in [0, 0.05) is 19.0 Å². The molecular formula is C7H14N2OS. The molecule has 0 aliphatic rings. The molecule has 1 heterocycles. The zero-order chi connectivity index (χ0) is 8.48. The SMILES string of the molecule is CC[SH](C)(=O)c1cnn(C)c1. The van der Waals surface area contributed by atoms with Crippen LogP contribution in [0.15, 0.2) is 17.3 Å². The molecule has 0 aromatic carbocycles. The molecule has 1 rings (SSSR count). The summed E-state index contributed by atoms with van der Waals surface area (Å²) in [6, 6.07) is 0. The van der Waals surface area contributed by atoms with Crippen molar-refractivity contribution in [1.82, 2.24) is 9.78 Å². The highest BCUT2D eigenvalue weighted by Gasteiger charge is 2.10. The predicted octanol–water partition coefficient (Wildman–Crippen LogP) is 0.445. The summed E-state index contributed by atoms with van der Waals surface area (Å²) in [5.74, 6) is 0.707. The Balaban J connectivity index is 3.02. The Bertz CT molecular complexity index is 292. The van der Waals surface area contributed by atoms with Crippen molar-refractivity contribution in [3.63, 3.8) is 0 Å². The van der Waals surface area contributed by atoms with Crippen LogP contribution >= 0.6 is 0 Å². The van der Waals surface area contributed by atoms with Gasteiger partial charge in [0.15, 0.2) is 0 Å². The third-order valence-electron chi connectivity index (χ3n) is 1.84. The number of aromatic nitrogens is 2. The first-order valence-corrected chi connectivity index (χ1v) is 5.96. The molecule has 3 nitrogen and oxygen atoms in total. The number of aryl methyl sites for hydroxylation is 1. The molecule has 0 amide bonds. The molecule has 0 spiro atoms. The van der Waals surface area contributed by atoms with Crippen LogP contribution in [0.4, 0.5) is 0 Å². The van der Waals surface area contributed by atoms with E-state index in [1.54, 1.807) is 17.1 Å².